The molecule has 0 aliphatic heterocycles. The number of benzene rings is 3. The first-order valence-corrected chi connectivity index (χ1v) is 10.4. The van der Waals surface area contributed by atoms with Gasteiger partial charge in [0.25, 0.3) is 5.91 Å². The number of nitrogens with one attached hydrogen (secondary N) is 2. The van der Waals surface area contributed by atoms with Crippen LogP contribution < -0.4 is 10.6 Å². The van der Waals surface area contributed by atoms with Crippen molar-refractivity contribution < 1.29 is 9.59 Å². The fourth-order valence-electron chi connectivity index (χ4n) is 2.73. The molecule has 0 saturated heterocycles. The van der Waals surface area contributed by atoms with Crippen molar-refractivity contribution in [3.05, 3.63) is 88.4 Å². The Balaban J connectivity index is 1.67. The second-order valence-corrected chi connectivity index (χ2v) is 8.02. The van der Waals surface area contributed by atoms with Crippen LogP contribution in [0.1, 0.15) is 21.5 Å². The van der Waals surface area contributed by atoms with E-state index in [1.165, 1.54) is 11.8 Å². The highest BCUT2D eigenvalue weighted by Crippen LogP contribution is 2.23. The summed E-state index contributed by atoms with van der Waals surface area (Å²) in [5.74, 6) is -0.217. The number of para-hydroxylation sites is 1. The van der Waals surface area contributed by atoms with Crippen molar-refractivity contribution in [2.24, 2.45) is 0 Å². The smallest absolute Gasteiger partial charge is 0.257 e. The molecule has 0 spiro atoms. The molecule has 2 N–H and O–H groups in total. The molecule has 0 bridgehead atoms. The number of halogens is 1. The van der Waals surface area contributed by atoms with Crippen LogP contribution >= 0.6 is 23.4 Å². The Hall–Kier alpha value is -2.76. The van der Waals surface area contributed by atoms with E-state index in [1.54, 1.807) is 36.4 Å². The molecular formula is C23H21ClN2O2S. The zero-order valence-corrected chi connectivity index (χ0v) is 17.7. The van der Waals surface area contributed by atoms with Gasteiger partial charge in [-0.3, -0.25) is 9.59 Å². The van der Waals surface area contributed by atoms with Gasteiger partial charge in [0.2, 0.25) is 5.91 Å². The van der Waals surface area contributed by atoms with Crippen molar-refractivity contribution in [1.82, 2.24) is 0 Å². The Kier molecular flexibility index (Phi) is 6.96. The largest absolute Gasteiger partial charge is 0.325 e. The first-order chi connectivity index (χ1) is 13.9. The lowest BCUT2D eigenvalue weighted by Crippen LogP contribution is -2.19. The van der Waals surface area contributed by atoms with E-state index in [2.05, 4.69) is 10.6 Å². The van der Waals surface area contributed by atoms with Gasteiger partial charge >= 0.3 is 0 Å². The number of anilines is 2. The number of carbonyl (C=O) groups is 2. The van der Waals surface area contributed by atoms with E-state index in [-0.39, 0.29) is 17.6 Å². The minimum absolute atomic E-state index is 0.183. The quantitative estimate of drug-likeness (QED) is 0.481. The number of hydrogen-bond acceptors (Lipinski definition) is 3. The van der Waals surface area contributed by atoms with Crippen LogP contribution in [0.2, 0.25) is 5.02 Å². The second kappa shape index (κ2) is 9.63. The summed E-state index contributed by atoms with van der Waals surface area (Å²) in [6, 6.07) is 20.1. The lowest BCUT2D eigenvalue weighted by atomic mass is 10.1. The second-order valence-electron chi connectivity index (χ2n) is 6.54. The zero-order valence-electron chi connectivity index (χ0n) is 16.2. The van der Waals surface area contributed by atoms with Crippen molar-refractivity contribution in [2.75, 3.05) is 16.4 Å². The molecule has 3 aromatic carbocycles. The van der Waals surface area contributed by atoms with Crippen LogP contribution in [-0.2, 0) is 4.79 Å². The predicted molar refractivity (Wildman–Crippen MR) is 121 cm³/mol. The molecule has 0 aromatic heterocycles. The Morgan fingerprint density at radius 1 is 0.862 bits per heavy atom. The van der Waals surface area contributed by atoms with Gasteiger partial charge in [-0.2, -0.15) is 0 Å². The highest BCUT2D eigenvalue weighted by Gasteiger charge is 2.14. The van der Waals surface area contributed by atoms with Gasteiger partial charge in [-0.25, -0.2) is 0 Å². The van der Waals surface area contributed by atoms with Gasteiger partial charge in [0.1, 0.15) is 0 Å². The number of rotatable bonds is 6. The van der Waals surface area contributed by atoms with Gasteiger partial charge in [-0.15, -0.1) is 11.8 Å². The SMILES string of the molecule is Cc1cccc(NC(=O)c2ccccc2NC(=O)CSc2ccc(Cl)cc2)c1C. The summed E-state index contributed by atoms with van der Waals surface area (Å²) in [6.07, 6.45) is 0. The number of carbonyl (C=O) groups excluding carboxylic acids is 2. The normalized spacial score (nSPS) is 10.4. The third kappa shape index (κ3) is 5.62. The summed E-state index contributed by atoms with van der Waals surface area (Å²) in [5.41, 5.74) is 3.77. The number of amides is 2. The highest BCUT2D eigenvalue weighted by molar-refractivity contribution is 8.00. The third-order valence-electron chi connectivity index (χ3n) is 4.48. The van der Waals surface area contributed by atoms with Gasteiger partial charge in [0, 0.05) is 15.6 Å². The highest BCUT2D eigenvalue weighted by atomic mass is 35.5. The van der Waals surface area contributed by atoms with Crippen LogP contribution in [0.5, 0.6) is 0 Å². The molecule has 148 valence electrons. The van der Waals surface area contributed by atoms with E-state index in [0.717, 1.165) is 21.7 Å². The number of aryl methyl sites for hydroxylation is 1. The molecule has 4 nitrogen and oxygen atoms in total. The summed E-state index contributed by atoms with van der Waals surface area (Å²) in [4.78, 5) is 26.2. The van der Waals surface area contributed by atoms with E-state index >= 15 is 0 Å². The Labute approximate surface area is 179 Å². The molecule has 0 aliphatic carbocycles. The summed E-state index contributed by atoms with van der Waals surface area (Å²) in [5, 5.41) is 6.43. The molecule has 0 aliphatic rings. The Morgan fingerprint density at radius 2 is 1.55 bits per heavy atom. The fraction of sp³-hybridized carbons (Fsp3) is 0.130. The van der Waals surface area contributed by atoms with E-state index in [9.17, 15) is 9.59 Å². The molecule has 0 heterocycles. The molecule has 0 radical (unpaired) electrons. The maximum absolute atomic E-state index is 12.8. The fourth-order valence-corrected chi connectivity index (χ4v) is 3.56. The molecule has 0 atom stereocenters. The van der Waals surface area contributed by atoms with Gasteiger partial charge in [0.15, 0.2) is 0 Å². The van der Waals surface area contributed by atoms with E-state index in [1.807, 2.05) is 44.2 Å². The van der Waals surface area contributed by atoms with Crippen molar-refractivity contribution in [3.63, 3.8) is 0 Å². The minimum atomic E-state index is -0.264. The topological polar surface area (TPSA) is 58.2 Å². The molecule has 2 amide bonds. The molecule has 29 heavy (non-hydrogen) atoms. The molecule has 3 rings (SSSR count). The maximum atomic E-state index is 12.8. The van der Waals surface area contributed by atoms with Crippen LogP contribution in [0.25, 0.3) is 0 Å². The van der Waals surface area contributed by atoms with Crippen LogP contribution in [0.3, 0.4) is 0 Å². The first-order valence-electron chi connectivity index (χ1n) is 9.09. The molecule has 0 saturated carbocycles. The number of hydrogen-bond donors (Lipinski definition) is 2. The van der Waals surface area contributed by atoms with Crippen molar-refractivity contribution in [2.45, 2.75) is 18.7 Å². The summed E-state index contributed by atoms with van der Waals surface area (Å²) in [7, 11) is 0. The lowest BCUT2D eigenvalue weighted by molar-refractivity contribution is -0.113. The van der Waals surface area contributed by atoms with Gasteiger partial charge < -0.3 is 10.6 Å². The average molecular weight is 425 g/mol. The molecule has 0 fully saturated rings. The zero-order chi connectivity index (χ0) is 20.8. The monoisotopic (exact) mass is 424 g/mol. The Morgan fingerprint density at radius 3 is 2.31 bits per heavy atom. The first kappa shape index (κ1) is 21.0. The standard InChI is InChI=1S/C23H21ClN2O2S/c1-15-6-5-9-20(16(15)2)26-23(28)19-7-3-4-8-21(19)25-22(27)14-29-18-12-10-17(24)11-13-18/h3-13H,14H2,1-2H3,(H,25,27)(H,26,28). The van der Waals surface area contributed by atoms with Crippen LogP contribution in [-0.4, -0.2) is 17.6 Å². The van der Waals surface area contributed by atoms with Crippen LogP contribution in [0.15, 0.2) is 71.6 Å². The van der Waals surface area contributed by atoms with E-state index < -0.39 is 0 Å². The predicted octanol–water partition coefficient (Wildman–Crippen LogP) is 5.94. The summed E-state index contributed by atoms with van der Waals surface area (Å²) >= 11 is 7.28. The van der Waals surface area contributed by atoms with Gasteiger partial charge in [-0.1, -0.05) is 35.9 Å². The molecular weight excluding hydrogens is 404 g/mol. The van der Waals surface area contributed by atoms with Crippen molar-refractivity contribution >= 4 is 46.6 Å². The van der Waals surface area contributed by atoms with Crippen molar-refractivity contribution in [3.8, 4) is 0 Å². The third-order valence-corrected chi connectivity index (χ3v) is 5.75. The van der Waals surface area contributed by atoms with Crippen LogP contribution in [0, 0.1) is 13.8 Å². The van der Waals surface area contributed by atoms with E-state index in [0.29, 0.717) is 16.3 Å². The van der Waals surface area contributed by atoms with Gasteiger partial charge in [-0.05, 0) is 67.4 Å². The van der Waals surface area contributed by atoms with Crippen molar-refractivity contribution in [1.29, 1.82) is 0 Å². The number of thioether (sulfide) groups is 1. The average Bonchev–Trinajstić information content (AvgIpc) is 2.71. The maximum Gasteiger partial charge on any atom is 0.257 e. The van der Waals surface area contributed by atoms with E-state index in [4.69, 9.17) is 11.6 Å². The molecule has 0 unspecified atom stereocenters. The molecule has 3 aromatic rings. The van der Waals surface area contributed by atoms with Gasteiger partial charge in [0.05, 0.1) is 17.0 Å². The minimum Gasteiger partial charge on any atom is -0.325 e. The lowest BCUT2D eigenvalue weighted by Gasteiger charge is -2.13. The summed E-state index contributed by atoms with van der Waals surface area (Å²) in [6.45, 7) is 3.96. The summed E-state index contributed by atoms with van der Waals surface area (Å²) < 4.78 is 0. The van der Waals surface area contributed by atoms with Crippen LogP contribution in [0.4, 0.5) is 11.4 Å². The molecule has 6 heteroatoms. The Bertz CT molecular complexity index is 1040.